The molecule has 0 N–H and O–H groups in total. The van der Waals surface area contributed by atoms with Crippen molar-refractivity contribution in [2.75, 3.05) is 7.11 Å². The number of aromatic nitrogens is 2. The number of nitro benzene ring substituents is 1. The van der Waals surface area contributed by atoms with Gasteiger partial charge < -0.3 is 13.9 Å². The van der Waals surface area contributed by atoms with Gasteiger partial charge in [0, 0.05) is 18.5 Å². The highest BCUT2D eigenvalue weighted by molar-refractivity contribution is 6.30. The summed E-state index contributed by atoms with van der Waals surface area (Å²) in [6.45, 7) is 0.0255. The summed E-state index contributed by atoms with van der Waals surface area (Å²) >= 11 is 5.92. The number of hydrogen-bond donors (Lipinski definition) is 0. The highest BCUT2D eigenvalue weighted by Crippen LogP contribution is 2.29. The molecule has 3 aromatic rings. The maximum absolute atomic E-state index is 11.5. The maximum atomic E-state index is 11.5. The monoisotopic (exact) mass is 361 g/mol. The minimum Gasteiger partial charge on any atom is -0.480 e. The van der Waals surface area contributed by atoms with Gasteiger partial charge in [-0.25, -0.2) is 9.78 Å². The van der Waals surface area contributed by atoms with Gasteiger partial charge in [0.05, 0.1) is 28.3 Å². The molecule has 8 nitrogen and oxygen atoms in total. The second kappa shape index (κ2) is 6.78. The Labute approximate surface area is 146 Å². The molecule has 25 heavy (non-hydrogen) atoms. The van der Waals surface area contributed by atoms with Crippen LogP contribution in [0, 0.1) is 10.1 Å². The fourth-order valence-corrected chi connectivity index (χ4v) is 2.43. The van der Waals surface area contributed by atoms with Crippen LogP contribution in [-0.2, 0) is 11.3 Å². The second-order valence-electron chi connectivity index (χ2n) is 5.06. The first-order valence-electron chi connectivity index (χ1n) is 7.10. The van der Waals surface area contributed by atoms with Crippen LogP contribution in [0.25, 0.3) is 5.65 Å². The van der Waals surface area contributed by atoms with Gasteiger partial charge in [0.2, 0.25) is 0 Å². The summed E-state index contributed by atoms with van der Waals surface area (Å²) in [5.74, 6) is -0.625. The number of halogens is 1. The summed E-state index contributed by atoms with van der Waals surface area (Å²) in [7, 11) is 1.20. The fourth-order valence-electron chi connectivity index (χ4n) is 2.27. The lowest BCUT2D eigenvalue weighted by Crippen LogP contribution is -2.04. The van der Waals surface area contributed by atoms with E-state index in [9.17, 15) is 14.9 Å². The standard InChI is InChI=1S/C16H12ClN3O5/c1-24-16(21)10-2-4-14(13(6-10)20(22)23)25-9-12-8-19-7-11(17)3-5-15(19)18-12/h2-8H,9H2,1H3. The number of esters is 1. The summed E-state index contributed by atoms with van der Waals surface area (Å²) in [4.78, 5) is 26.4. The Bertz CT molecular complexity index is 970. The number of ether oxygens (including phenoxy) is 2. The predicted octanol–water partition coefficient (Wildman–Crippen LogP) is 3.26. The molecule has 0 atom stereocenters. The molecule has 0 spiro atoms. The van der Waals surface area contributed by atoms with Crippen LogP contribution in [0.3, 0.4) is 0 Å². The minimum absolute atomic E-state index is 0.0255. The van der Waals surface area contributed by atoms with E-state index in [0.29, 0.717) is 16.4 Å². The number of hydrogen-bond acceptors (Lipinski definition) is 6. The molecule has 128 valence electrons. The first-order valence-corrected chi connectivity index (χ1v) is 7.48. The van der Waals surface area contributed by atoms with Gasteiger partial charge in [-0.15, -0.1) is 0 Å². The summed E-state index contributed by atoms with van der Waals surface area (Å²) in [5, 5.41) is 11.8. The Morgan fingerprint density at radius 1 is 1.32 bits per heavy atom. The van der Waals surface area contributed by atoms with Crippen molar-refractivity contribution in [2.45, 2.75) is 6.61 Å². The zero-order chi connectivity index (χ0) is 18.0. The van der Waals surface area contributed by atoms with E-state index in [-0.39, 0.29) is 23.6 Å². The number of carbonyl (C=O) groups is 1. The van der Waals surface area contributed by atoms with Gasteiger partial charge in [-0.2, -0.15) is 0 Å². The third-order valence-electron chi connectivity index (χ3n) is 3.42. The molecule has 0 saturated heterocycles. The summed E-state index contributed by atoms with van der Waals surface area (Å²) in [5.41, 5.74) is 1.01. The first kappa shape index (κ1) is 16.7. The van der Waals surface area contributed by atoms with E-state index in [1.165, 1.54) is 19.2 Å². The predicted molar refractivity (Wildman–Crippen MR) is 89.0 cm³/mol. The lowest BCUT2D eigenvalue weighted by atomic mass is 10.2. The molecule has 0 amide bonds. The number of imidazole rings is 1. The molecular weight excluding hydrogens is 350 g/mol. The van der Waals surface area contributed by atoms with Crippen molar-refractivity contribution in [1.82, 2.24) is 9.38 Å². The number of nitrogens with zero attached hydrogens (tertiary/aromatic N) is 3. The van der Waals surface area contributed by atoms with E-state index >= 15 is 0 Å². The lowest BCUT2D eigenvalue weighted by molar-refractivity contribution is -0.386. The van der Waals surface area contributed by atoms with Crippen LogP contribution in [0.1, 0.15) is 16.1 Å². The molecule has 1 aromatic carbocycles. The molecule has 9 heteroatoms. The molecule has 0 aliphatic carbocycles. The van der Waals surface area contributed by atoms with Crippen LogP contribution >= 0.6 is 11.6 Å². The van der Waals surface area contributed by atoms with E-state index in [1.54, 1.807) is 28.9 Å². The SMILES string of the molecule is COC(=O)c1ccc(OCc2cn3cc(Cl)ccc3n2)c([N+](=O)[O-])c1. The molecule has 0 aliphatic heterocycles. The van der Waals surface area contributed by atoms with Crippen LogP contribution in [0.15, 0.2) is 42.7 Å². The highest BCUT2D eigenvalue weighted by atomic mass is 35.5. The number of fused-ring (bicyclic) bond motifs is 1. The molecule has 2 heterocycles. The van der Waals surface area contributed by atoms with Crippen molar-refractivity contribution < 1.29 is 19.2 Å². The molecule has 0 saturated carbocycles. The Morgan fingerprint density at radius 2 is 2.12 bits per heavy atom. The molecular formula is C16H12ClN3O5. The van der Waals surface area contributed by atoms with Gasteiger partial charge >= 0.3 is 11.7 Å². The summed E-state index contributed by atoms with van der Waals surface area (Å²) in [6.07, 6.45) is 3.41. The molecule has 0 aliphatic rings. The van der Waals surface area contributed by atoms with E-state index < -0.39 is 10.9 Å². The van der Waals surface area contributed by atoms with Gasteiger partial charge in [-0.1, -0.05) is 11.6 Å². The number of rotatable bonds is 5. The largest absolute Gasteiger partial charge is 0.480 e. The van der Waals surface area contributed by atoms with E-state index in [1.807, 2.05) is 0 Å². The summed E-state index contributed by atoms with van der Waals surface area (Å²) in [6, 6.07) is 7.34. The van der Waals surface area contributed by atoms with E-state index in [4.69, 9.17) is 16.3 Å². The topological polar surface area (TPSA) is 96.0 Å². The Kier molecular flexibility index (Phi) is 4.53. The smallest absolute Gasteiger partial charge is 0.338 e. The maximum Gasteiger partial charge on any atom is 0.338 e. The fraction of sp³-hybridized carbons (Fsp3) is 0.125. The van der Waals surface area contributed by atoms with Crippen LogP contribution in [0.4, 0.5) is 5.69 Å². The van der Waals surface area contributed by atoms with Gasteiger partial charge in [0.25, 0.3) is 0 Å². The summed E-state index contributed by atoms with van der Waals surface area (Å²) < 4.78 is 11.8. The Hall–Kier alpha value is -3.13. The number of pyridine rings is 1. The van der Waals surface area contributed by atoms with E-state index in [0.717, 1.165) is 6.07 Å². The Morgan fingerprint density at radius 3 is 2.84 bits per heavy atom. The van der Waals surface area contributed by atoms with Crippen molar-refractivity contribution in [2.24, 2.45) is 0 Å². The van der Waals surface area contributed by atoms with Crippen molar-refractivity contribution in [3.05, 3.63) is 69.1 Å². The van der Waals surface area contributed by atoms with Gasteiger partial charge in [0.1, 0.15) is 12.3 Å². The molecule has 0 unspecified atom stereocenters. The normalized spacial score (nSPS) is 10.6. The van der Waals surface area contributed by atoms with Crippen molar-refractivity contribution >= 4 is 28.9 Å². The highest BCUT2D eigenvalue weighted by Gasteiger charge is 2.19. The molecule has 3 rings (SSSR count). The van der Waals surface area contributed by atoms with Crippen molar-refractivity contribution in [3.63, 3.8) is 0 Å². The van der Waals surface area contributed by atoms with Crippen molar-refractivity contribution in [3.8, 4) is 5.75 Å². The Balaban J connectivity index is 1.83. The van der Waals surface area contributed by atoms with Gasteiger partial charge in [-0.3, -0.25) is 10.1 Å². The van der Waals surface area contributed by atoms with Crippen LogP contribution in [0.2, 0.25) is 5.02 Å². The van der Waals surface area contributed by atoms with Crippen LogP contribution in [-0.4, -0.2) is 27.4 Å². The zero-order valence-electron chi connectivity index (χ0n) is 13.0. The number of methoxy groups -OCH3 is 1. The minimum atomic E-state index is -0.660. The number of nitro groups is 1. The third-order valence-corrected chi connectivity index (χ3v) is 3.64. The van der Waals surface area contributed by atoms with Crippen LogP contribution in [0.5, 0.6) is 5.75 Å². The average molecular weight is 362 g/mol. The van der Waals surface area contributed by atoms with Gasteiger partial charge in [0.15, 0.2) is 5.75 Å². The molecule has 0 radical (unpaired) electrons. The lowest BCUT2D eigenvalue weighted by Gasteiger charge is -2.06. The number of carbonyl (C=O) groups excluding carboxylic acids is 1. The molecule has 0 fully saturated rings. The third kappa shape index (κ3) is 3.53. The average Bonchev–Trinajstić information content (AvgIpc) is 3.00. The van der Waals surface area contributed by atoms with Crippen LogP contribution < -0.4 is 4.74 Å². The zero-order valence-corrected chi connectivity index (χ0v) is 13.8. The van der Waals surface area contributed by atoms with E-state index in [2.05, 4.69) is 9.72 Å². The molecule has 0 bridgehead atoms. The van der Waals surface area contributed by atoms with Gasteiger partial charge in [-0.05, 0) is 24.3 Å². The molecule has 2 aromatic heterocycles. The number of benzene rings is 1. The second-order valence-corrected chi connectivity index (χ2v) is 5.50. The van der Waals surface area contributed by atoms with Crippen molar-refractivity contribution in [1.29, 1.82) is 0 Å². The first-order chi connectivity index (χ1) is 12.0. The quantitative estimate of drug-likeness (QED) is 0.393.